The summed E-state index contributed by atoms with van der Waals surface area (Å²) in [6.07, 6.45) is 3.35. The van der Waals surface area contributed by atoms with Crippen molar-refractivity contribution in [2.24, 2.45) is 22.8 Å². The fraction of sp³-hybridized carbons (Fsp3) is 0.424. The van der Waals surface area contributed by atoms with Crippen LogP contribution in [0.15, 0.2) is 82.8 Å². The number of hydrogen-bond donors (Lipinski definition) is 4. The Morgan fingerprint density at radius 2 is 1.77 bits per heavy atom. The van der Waals surface area contributed by atoms with Crippen LogP contribution in [-0.4, -0.2) is 66.3 Å². The third kappa shape index (κ3) is 8.95. The van der Waals surface area contributed by atoms with Crippen molar-refractivity contribution < 1.29 is 24.2 Å². The second-order valence-corrected chi connectivity index (χ2v) is 11.9. The first-order chi connectivity index (χ1) is 20.6. The van der Waals surface area contributed by atoms with E-state index in [2.05, 4.69) is 5.32 Å². The molecule has 6 N–H and O–H groups in total. The number of benzene rings is 2. The molecule has 0 spiro atoms. The molecule has 0 saturated heterocycles. The molecular weight excluding hydrogens is 564 g/mol. The number of methoxy groups -OCH3 is 1. The van der Waals surface area contributed by atoms with Gasteiger partial charge in [0.05, 0.1) is 18.6 Å². The molecule has 1 aliphatic carbocycles. The second-order valence-electron chi connectivity index (χ2n) is 10.8. The quantitative estimate of drug-likeness (QED) is 0.201. The third-order valence-corrected chi connectivity index (χ3v) is 8.76. The Morgan fingerprint density at radius 3 is 2.37 bits per heavy atom. The van der Waals surface area contributed by atoms with Gasteiger partial charge in [-0.25, -0.2) is 0 Å². The normalized spacial score (nSPS) is 17.8. The molecule has 43 heavy (non-hydrogen) atoms. The lowest BCUT2D eigenvalue weighted by Crippen LogP contribution is -2.52. The summed E-state index contributed by atoms with van der Waals surface area (Å²) in [6, 6.07) is 17.2. The highest BCUT2D eigenvalue weighted by molar-refractivity contribution is 7.99. The number of carbonyl (C=O) groups is 3. The number of thioether (sulfide) groups is 1. The number of aliphatic hydroxyl groups excluding tert-OH is 1. The number of hydrogen-bond acceptors (Lipinski definition) is 7. The Morgan fingerprint density at radius 1 is 1.07 bits per heavy atom. The number of ether oxygens (including phenoxy) is 1. The molecule has 2 aromatic rings. The maximum atomic E-state index is 13.7. The molecule has 0 aromatic heterocycles. The van der Waals surface area contributed by atoms with Crippen LogP contribution in [-0.2, 0) is 20.9 Å². The van der Waals surface area contributed by atoms with Crippen LogP contribution < -0.4 is 21.5 Å². The van der Waals surface area contributed by atoms with Crippen LogP contribution in [0.3, 0.4) is 0 Å². The van der Waals surface area contributed by atoms with Crippen molar-refractivity contribution in [3.63, 3.8) is 0 Å². The van der Waals surface area contributed by atoms with Gasteiger partial charge in [-0.15, -0.1) is 11.8 Å². The Kier molecular flexibility index (Phi) is 12.9. The molecule has 0 saturated carbocycles. The van der Waals surface area contributed by atoms with E-state index in [4.69, 9.17) is 16.2 Å². The average Bonchev–Trinajstić information content (AvgIpc) is 3.01. The van der Waals surface area contributed by atoms with Crippen molar-refractivity contribution in [1.82, 2.24) is 10.2 Å². The van der Waals surface area contributed by atoms with Crippen molar-refractivity contribution in [2.45, 2.75) is 50.7 Å². The average molecular weight is 609 g/mol. The van der Waals surface area contributed by atoms with Crippen molar-refractivity contribution >= 4 is 29.5 Å². The molecule has 9 nitrogen and oxygen atoms in total. The smallest absolute Gasteiger partial charge is 0.249 e. The molecule has 10 heteroatoms. The number of amides is 3. The van der Waals surface area contributed by atoms with E-state index >= 15 is 0 Å². The summed E-state index contributed by atoms with van der Waals surface area (Å²) in [5.41, 5.74) is 11.6. The maximum Gasteiger partial charge on any atom is 0.249 e. The SMILES string of the molecule is CCCN(CCC)C(=O)C1=CC(C(N)=O)=CC(C(N)=O)([C@@H](CSc2ccccc2)[C@@H](O)CNCc2cccc(OC)c2)C1. The van der Waals surface area contributed by atoms with Crippen LogP contribution in [0.4, 0.5) is 0 Å². The first-order valence-corrected chi connectivity index (χ1v) is 15.7. The monoisotopic (exact) mass is 608 g/mol. The lowest BCUT2D eigenvalue weighted by molar-refractivity contribution is -0.131. The van der Waals surface area contributed by atoms with Crippen molar-refractivity contribution in [3.05, 3.63) is 83.5 Å². The minimum absolute atomic E-state index is 0.0348. The van der Waals surface area contributed by atoms with E-state index in [9.17, 15) is 19.5 Å². The molecule has 0 bridgehead atoms. The van der Waals surface area contributed by atoms with Gasteiger partial charge in [0.25, 0.3) is 0 Å². The van der Waals surface area contributed by atoms with Crippen LogP contribution in [0.1, 0.15) is 38.7 Å². The van der Waals surface area contributed by atoms with Gasteiger partial charge in [-0.1, -0.05) is 50.3 Å². The largest absolute Gasteiger partial charge is 0.497 e. The van der Waals surface area contributed by atoms with E-state index in [1.54, 1.807) is 12.0 Å². The van der Waals surface area contributed by atoms with Gasteiger partial charge in [0.1, 0.15) is 5.75 Å². The van der Waals surface area contributed by atoms with E-state index in [0.29, 0.717) is 25.4 Å². The standard InChI is InChI=1S/C33H44N4O5S/c1-4-14-37(15-5-2)31(40)25-17-24(30(34)39)18-33(19-25,32(35)41)28(22-43-27-12-7-6-8-13-27)29(38)21-36-20-23-10-9-11-26(16-23)42-3/h6-13,16-18,28-29,36,38H,4-5,14-15,19-22H2,1-3H3,(H2,34,39)(H2,35,41)/t28-,29-,33?/m0/s1. The topological polar surface area (TPSA) is 148 Å². The molecule has 0 radical (unpaired) electrons. The zero-order chi connectivity index (χ0) is 31.4. The van der Waals surface area contributed by atoms with Gasteiger partial charge < -0.3 is 31.5 Å². The molecule has 0 fully saturated rings. The highest BCUT2D eigenvalue weighted by Crippen LogP contribution is 2.45. The van der Waals surface area contributed by atoms with E-state index in [-0.39, 0.29) is 30.0 Å². The fourth-order valence-electron chi connectivity index (χ4n) is 5.44. The third-order valence-electron chi connectivity index (χ3n) is 7.63. The molecule has 1 unspecified atom stereocenters. The number of nitrogens with two attached hydrogens (primary N) is 2. The minimum Gasteiger partial charge on any atom is -0.497 e. The Labute approximate surface area is 258 Å². The molecule has 0 aliphatic heterocycles. The predicted molar refractivity (Wildman–Crippen MR) is 170 cm³/mol. The van der Waals surface area contributed by atoms with Gasteiger partial charge in [-0.2, -0.15) is 0 Å². The van der Waals surface area contributed by atoms with Crippen LogP contribution in [0.25, 0.3) is 0 Å². The second kappa shape index (κ2) is 16.3. The van der Waals surface area contributed by atoms with Crippen LogP contribution >= 0.6 is 11.8 Å². The van der Waals surface area contributed by atoms with E-state index in [1.165, 1.54) is 23.9 Å². The van der Waals surface area contributed by atoms with Gasteiger partial charge in [0.2, 0.25) is 17.7 Å². The molecule has 3 amide bonds. The van der Waals surface area contributed by atoms with Crippen molar-refractivity contribution in [3.8, 4) is 5.75 Å². The molecule has 232 valence electrons. The lowest BCUT2D eigenvalue weighted by atomic mass is 9.65. The summed E-state index contributed by atoms with van der Waals surface area (Å²) in [5, 5.41) is 15.0. The van der Waals surface area contributed by atoms with Gasteiger partial charge in [0, 0.05) is 53.9 Å². The van der Waals surface area contributed by atoms with E-state index < -0.39 is 29.3 Å². The number of aliphatic hydroxyl groups is 1. The van der Waals surface area contributed by atoms with Crippen LogP contribution in [0.2, 0.25) is 0 Å². The minimum atomic E-state index is -1.53. The summed E-state index contributed by atoms with van der Waals surface area (Å²) < 4.78 is 5.31. The zero-order valence-corrected chi connectivity index (χ0v) is 26.1. The molecular formula is C33H44N4O5S. The summed E-state index contributed by atoms with van der Waals surface area (Å²) in [6.45, 7) is 5.63. The van der Waals surface area contributed by atoms with E-state index in [1.807, 2.05) is 68.4 Å². The highest BCUT2D eigenvalue weighted by atomic mass is 32.2. The lowest BCUT2D eigenvalue weighted by Gasteiger charge is -2.41. The van der Waals surface area contributed by atoms with Crippen LogP contribution in [0.5, 0.6) is 5.75 Å². The molecule has 0 heterocycles. The number of nitrogens with one attached hydrogen (secondary N) is 1. The maximum absolute atomic E-state index is 13.7. The summed E-state index contributed by atoms with van der Waals surface area (Å²) >= 11 is 1.47. The predicted octanol–water partition coefficient (Wildman–Crippen LogP) is 3.42. The summed E-state index contributed by atoms with van der Waals surface area (Å²) in [5.74, 6) is -1.50. The number of nitrogens with zero attached hydrogens (tertiary/aromatic N) is 1. The Hall–Kier alpha value is -3.60. The first-order valence-electron chi connectivity index (χ1n) is 14.7. The van der Waals surface area contributed by atoms with Crippen LogP contribution in [0, 0.1) is 11.3 Å². The Balaban J connectivity index is 1.98. The number of rotatable bonds is 17. The van der Waals surface area contributed by atoms with Crippen molar-refractivity contribution in [2.75, 3.05) is 32.5 Å². The number of primary amides is 2. The number of carbonyl (C=O) groups excluding carboxylic acids is 3. The van der Waals surface area contributed by atoms with Gasteiger partial charge >= 0.3 is 0 Å². The fourth-order valence-corrected chi connectivity index (χ4v) is 6.68. The van der Waals surface area contributed by atoms with E-state index in [0.717, 1.165) is 29.1 Å². The van der Waals surface area contributed by atoms with Gasteiger partial charge in [-0.3, -0.25) is 14.4 Å². The van der Waals surface area contributed by atoms with Gasteiger partial charge in [-0.05, 0) is 55.2 Å². The summed E-state index contributed by atoms with van der Waals surface area (Å²) in [4.78, 5) is 42.4. The van der Waals surface area contributed by atoms with Gasteiger partial charge in [0.15, 0.2) is 0 Å². The Bertz CT molecular complexity index is 1310. The van der Waals surface area contributed by atoms with Crippen molar-refractivity contribution in [1.29, 1.82) is 0 Å². The highest BCUT2D eigenvalue weighted by Gasteiger charge is 2.49. The zero-order valence-electron chi connectivity index (χ0n) is 25.3. The first kappa shape index (κ1) is 33.9. The summed E-state index contributed by atoms with van der Waals surface area (Å²) in [7, 11) is 1.60. The molecule has 2 aromatic carbocycles. The molecule has 1 aliphatic rings. The molecule has 3 atom stereocenters. The molecule has 3 rings (SSSR count).